The maximum Gasteiger partial charge on any atom is 0.338 e. The van der Waals surface area contributed by atoms with Gasteiger partial charge in [-0.25, -0.2) is 4.79 Å². The standard InChI is InChI=1S/C31H44O7/c1-14(32)37-22-12-18-23(16-10-15(16)17-8-6-7-9-28(17,18)2)19-11-20-25(30(19,22)4)24(26(33)34)21-13-29(20,3)31(5,36)27(35)38-21/h15-25,36H,6-13H2,1-5H3,(H,33,34)/t15-,16+,17?,18?,19?,20?,21+,22-,23+,24?,25?,28-,29?,30+,31?/m0/s1. The van der Waals surface area contributed by atoms with E-state index >= 15 is 0 Å². The van der Waals surface area contributed by atoms with Crippen LogP contribution in [0.3, 0.4) is 0 Å². The minimum Gasteiger partial charge on any atom is -0.481 e. The molecule has 7 rings (SSSR count). The Bertz CT molecular complexity index is 1100. The first-order valence-electron chi connectivity index (χ1n) is 15.1. The summed E-state index contributed by atoms with van der Waals surface area (Å²) in [6.45, 7) is 9.71. The van der Waals surface area contributed by atoms with Crippen molar-refractivity contribution in [3.8, 4) is 0 Å². The molecule has 2 bridgehead atoms. The fourth-order valence-electron chi connectivity index (χ4n) is 12.4. The van der Waals surface area contributed by atoms with Gasteiger partial charge in [-0.05, 0) is 98.2 Å². The topological polar surface area (TPSA) is 110 Å². The molecule has 1 heterocycles. The molecular formula is C31H44O7. The maximum atomic E-state index is 13.0. The third kappa shape index (κ3) is 2.83. The molecule has 7 heteroatoms. The third-order valence-corrected chi connectivity index (χ3v) is 14.2. The van der Waals surface area contributed by atoms with E-state index in [2.05, 4.69) is 13.8 Å². The smallest absolute Gasteiger partial charge is 0.338 e. The Kier molecular flexibility index (Phi) is 5.04. The van der Waals surface area contributed by atoms with Gasteiger partial charge in [-0.1, -0.05) is 33.6 Å². The molecule has 0 amide bonds. The number of aliphatic hydroxyl groups is 1. The summed E-state index contributed by atoms with van der Waals surface area (Å²) < 4.78 is 11.9. The van der Waals surface area contributed by atoms with Crippen molar-refractivity contribution in [2.45, 2.75) is 104 Å². The molecule has 1 saturated heterocycles. The summed E-state index contributed by atoms with van der Waals surface area (Å²) in [6, 6.07) is 0. The summed E-state index contributed by atoms with van der Waals surface area (Å²) in [5, 5.41) is 22.2. The number of carboxylic acid groups (broad SMARTS) is 1. The van der Waals surface area contributed by atoms with Crippen LogP contribution in [0.5, 0.6) is 0 Å². The number of aliphatic carboxylic acids is 1. The van der Waals surface area contributed by atoms with Crippen LogP contribution in [0.4, 0.5) is 0 Å². The van der Waals surface area contributed by atoms with Gasteiger partial charge in [0.15, 0.2) is 5.60 Å². The lowest BCUT2D eigenvalue weighted by molar-refractivity contribution is -0.252. The second kappa shape index (κ2) is 7.55. The maximum absolute atomic E-state index is 13.0. The van der Waals surface area contributed by atoms with Crippen LogP contribution in [0.15, 0.2) is 0 Å². The minimum atomic E-state index is -1.69. The predicted molar refractivity (Wildman–Crippen MR) is 136 cm³/mol. The molecule has 7 aliphatic rings. The van der Waals surface area contributed by atoms with Crippen molar-refractivity contribution in [3.05, 3.63) is 0 Å². The number of ether oxygens (including phenoxy) is 2. The number of rotatable bonds is 2. The van der Waals surface area contributed by atoms with E-state index in [1.54, 1.807) is 6.92 Å². The Morgan fingerprint density at radius 1 is 0.974 bits per heavy atom. The first-order valence-corrected chi connectivity index (χ1v) is 15.1. The van der Waals surface area contributed by atoms with Gasteiger partial charge >= 0.3 is 17.9 Å². The lowest BCUT2D eigenvalue weighted by atomic mass is 9.43. The van der Waals surface area contributed by atoms with Crippen LogP contribution in [0, 0.1) is 69.5 Å². The quantitative estimate of drug-likeness (QED) is 0.510. The van der Waals surface area contributed by atoms with Gasteiger partial charge in [0.2, 0.25) is 0 Å². The molecule has 2 N–H and O–H groups in total. The first kappa shape index (κ1) is 25.3. The summed E-state index contributed by atoms with van der Waals surface area (Å²) in [6.07, 6.45) is 7.12. The van der Waals surface area contributed by atoms with Crippen molar-refractivity contribution >= 4 is 17.9 Å². The molecule has 1 aliphatic heterocycles. The van der Waals surface area contributed by atoms with E-state index in [4.69, 9.17) is 9.47 Å². The Morgan fingerprint density at radius 2 is 1.71 bits per heavy atom. The molecule has 0 aromatic rings. The van der Waals surface area contributed by atoms with Crippen molar-refractivity contribution in [1.82, 2.24) is 0 Å². The van der Waals surface area contributed by atoms with Crippen LogP contribution < -0.4 is 0 Å². The lowest BCUT2D eigenvalue weighted by Gasteiger charge is -2.63. The molecule has 7 nitrogen and oxygen atoms in total. The van der Waals surface area contributed by atoms with Gasteiger partial charge in [0.1, 0.15) is 12.2 Å². The highest BCUT2D eigenvalue weighted by Gasteiger charge is 2.78. The van der Waals surface area contributed by atoms with Gasteiger partial charge in [-0.15, -0.1) is 0 Å². The summed E-state index contributed by atoms with van der Waals surface area (Å²) >= 11 is 0. The fourth-order valence-corrected chi connectivity index (χ4v) is 12.4. The minimum absolute atomic E-state index is 0.163. The Labute approximate surface area is 225 Å². The van der Waals surface area contributed by atoms with Crippen LogP contribution >= 0.6 is 0 Å². The van der Waals surface area contributed by atoms with E-state index in [1.807, 2.05) is 6.92 Å². The molecule has 0 spiro atoms. The number of hydrogen-bond acceptors (Lipinski definition) is 6. The van der Waals surface area contributed by atoms with Crippen LogP contribution in [0.25, 0.3) is 0 Å². The zero-order valence-corrected chi connectivity index (χ0v) is 23.4. The van der Waals surface area contributed by atoms with Crippen LogP contribution in [0.1, 0.15) is 86.0 Å². The van der Waals surface area contributed by atoms with Crippen molar-refractivity contribution in [1.29, 1.82) is 0 Å². The lowest BCUT2D eigenvalue weighted by Crippen LogP contribution is -2.69. The van der Waals surface area contributed by atoms with Gasteiger partial charge in [0.05, 0.1) is 5.92 Å². The van der Waals surface area contributed by atoms with Crippen molar-refractivity contribution < 1.29 is 34.1 Å². The Hall–Kier alpha value is -1.63. The second-order valence-electron chi connectivity index (χ2n) is 15.3. The van der Waals surface area contributed by atoms with Gasteiger partial charge in [-0.2, -0.15) is 0 Å². The average molecular weight is 529 g/mol. The number of hydrogen-bond donors (Lipinski definition) is 2. The van der Waals surface area contributed by atoms with Gasteiger partial charge in [-0.3, -0.25) is 9.59 Å². The monoisotopic (exact) mass is 528 g/mol. The van der Waals surface area contributed by atoms with E-state index in [-0.39, 0.29) is 35.2 Å². The van der Waals surface area contributed by atoms with E-state index in [9.17, 15) is 24.6 Å². The molecule has 6 saturated carbocycles. The molecule has 0 aromatic heterocycles. The number of carbonyl (C=O) groups excluding carboxylic acids is 2. The van der Waals surface area contributed by atoms with E-state index in [0.29, 0.717) is 24.2 Å². The Morgan fingerprint density at radius 3 is 2.39 bits per heavy atom. The van der Waals surface area contributed by atoms with Gasteiger partial charge in [0, 0.05) is 17.8 Å². The molecular weight excluding hydrogens is 484 g/mol. The van der Waals surface area contributed by atoms with Crippen LogP contribution in [0.2, 0.25) is 0 Å². The van der Waals surface area contributed by atoms with Crippen molar-refractivity contribution in [2.24, 2.45) is 69.5 Å². The summed E-state index contributed by atoms with van der Waals surface area (Å²) in [5.74, 6) is -0.0469. The highest BCUT2D eigenvalue weighted by molar-refractivity contribution is 5.83. The van der Waals surface area contributed by atoms with Crippen LogP contribution in [-0.4, -0.2) is 45.9 Å². The summed E-state index contributed by atoms with van der Waals surface area (Å²) in [4.78, 5) is 38.6. The fraction of sp³-hybridized carbons (Fsp3) is 0.903. The van der Waals surface area contributed by atoms with Gasteiger partial charge < -0.3 is 19.7 Å². The predicted octanol–water partition coefficient (Wildman–Crippen LogP) is 4.45. The third-order valence-electron chi connectivity index (χ3n) is 14.2. The zero-order valence-electron chi connectivity index (χ0n) is 23.4. The van der Waals surface area contributed by atoms with Crippen molar-refractivity contribution in [2.75, 3.05) is 0 Å². The summed E-state index contributed by atoms with van der Waals surface area (Å²) in [5.41, 5.74) is -2.81. The highest BCUT2D eigenvalue weighted by atomic mass is 16.6. The second-order valence-corrected chi connectivity index (χ2v) is 15.3. The number of carboxylic acids is 1. The molecule has 0 aromatic carbocycles. The average Bonchev–Trinajstić information content (AvgIpc) is 3.54. The number of esters is 2. The summed E-state index contributed by atoms with van der Waals surface area (Å²) in [7, 11) is 0. The highest BCUT2D eigenvalue weighted by Crippen LogP contribution is 2.79. The molecule has 8 unspecified atom stereocenters. The normalized spacial score (nSPS) is 59.7. The van der Waals surface area contributed by atoms with Crippen LogP contribution in [-0.2, 0) is 23.9 Å². The van der Waals surface area contributed by atoms with E-state index < -0.39 is 40.4 Å². The molecule has 7 fully saturated rings. The first-order chi connectivity index (χ1) is 17.8. The Balaban J connectivity index is 1.39. The molecule has 0 radical (unpaired) electrons. The van der Waals surface area contributed by atoms with E-state index in [1.165, 1.54) is 39.0 Å². The SMILES string of the molecule is CC(=O)O[C@H]1CC2[C@H](C3CC4C(C(C(=O)O)[C@H]5CC4(C)C(C)(O)C(=O)O5)[C@]31C)[C@@H]1C[C@@H]1C1CCCC[C@]21C. The number of fused-ring (bicyclic) bond motifs is 13. The van der Waals surface area contributed by atoms with Crippen molar-refractivity contribution in [3.63, 3.8) is 0 Å². The largest absolute Gasteiger partial charge is 0.481 e. The number of carbonyl (C=O) groups is 3. The zero-order chi connectivity index (χ0) is 27.2. The molecule has 6 aliphatic carbocycles. The van der Waals surface area contributed by atoms with E-state index in [0.717, 1.165) is 24.7 Å². The molecule has 38 heavy (non-hydrogen) atoms. The van der Waals surface area contributed by atoms with Gasteiger partial charge in [0.25, 0.3) is 0 Å². The molecule has 210 valence electrons. The molecule has 15 atom stereocenters.